The molecule has 0 bridgehead atoms. The zero-order valence-electron chi connectivity index (χ0n) is 12.5. The molecule has 0 atom stereocenters. The number of nitrogens with zero attached hydrogens (tertiary/aromatic N) is 2. The normalized spacial score (nSPS) is 11.3. The van der Waals surface area contributed by atoms with Crippen LogP contribution >= 0.6 is 11.3 Å². The number of aromatic amines is 1. The summed E-state index contributed by atoms with van der Waals surface area (Å²) in [6.07, 6.45) is 2.75. The third-order valence-electron chi connectivity index (χ3n) is 3.29. The first-order chi connectivity index (χ1) is 11.1. The van der Waals surface area contributed by atoms with E-state index in [-0.39, 0.29) is 0 Å². The van der Waals surface area contributed by atoms with E-state index in [9.17, 15) is 4.79 Å². The number of benzene rings is 1. The molecule has 2 heterocycles. The molecule has 0 spiro atoms. The zero-order valence-corrected chi connectivity index (χ0v) is 13.3. The van der Waals surface area contributed by atoms with Gasteiger partial charge in [-0.25, -0.2) is 15.6 Å². The molecule has 0 aliphatic carbocycles. The van der Waals surface area contributed by atoms with E-state index >= 15 is 0 Å². The Bertz CT molecular complexity index is 897. The number of aryl methyl sites for hydroxylation is 1. The van der Waals surface area contributed by atoms with Crippen LogP contribution in [0.4, 0.5) is 0 Å². The number of thiazole rings is 1. The number of aromatic nitrogens is 3. The van der Waals surface area contributed by atoms with Crippen LogP contribution in [0.2, 0.25) is 0 Å². The van der Waals surface area contributed by atoms with E-state index in [1.165, 1.54) is 22.9 Å². The van der Waals surface area contributed by atoms with E-state index in [1.54, 1.807) is 6.08 Å². The van der Waals surface area contributed by atoms with Crippen molar-refractivity contribution in [3.8, 4) is 11.6 Å². The number of hydrogen-bond donors (Lipinski definition) is 3. The molecule has 0 fully saturated rings. The van der Waals surface area contributed by atoms with Crippen LogP contribution in [-0.4, -0.2) is 26.3 Å². The molecule has 1 amide bonds. The number of fused-ring (bicyclic) bond motifs is 1. The van der Waals surface area contributed by atoms with Crippen molar-refractivity contribution < 1.29 is 14.7 Å². The Morgan fingerprint density at radius 3 is 2.96 bits per heavy atom. The number of carbonyl (C=O) groups excluding carboxylic acids is 1. The van der Waals surface area contributed by atoms with Crippen molar-refractivity contribution in [1.29, 1.82) is 0 Å². The molecule has 8 heteroatoms. The van der Waals surface area contributed by atoms with Gasteiger partial charge in [-0.05, 0) is 32.1 Å². The minimum Gasteiger partial charge on any atom is -0.439 e. The van der Waals surface area contributed by atoms with Crippen molar-refractivity contribution in [2.75, 3.05) is 0 Å². The summed E-state index contributed by atoms with van der Waals surface area (Å²) in [5, 5.41) is 16.1. The van der Waals surface area contributed by atoms with E-state index in [1.807, 2.05) is 32.0 Å². The van der Waals surface area contributed by atoms with Crippen LogP contribution in [0, 0.1) is 13.8 Å². The maximum absolute atomic E-state index is 11.0. The van der Waals surface area contributed by atoms with Crippen molar-refractivity contribution in [2.45, 2.75) is 13.8 Å². The fraction of sp³-hybridized carbons (Fsp3) is 0.133. The van der Waals surface area contributed by atoms with Crippen LogP contribution in [0.25, 0.3) is 16.3 Å². The van der Waals surface area contributed by atoms with Crippen molar-refractivity contribution in [2.24, 2.45) is 0 Å². The lowest BCUT2D eigenvalue weighted by Gasteiger charge is -2.03. The summed E-state index contributed by atoms with van der Waals surface area (Å²) in [6, 6.07) is 5.56. The first kappa shape index (κ1) is 15.2. The Hall–Kier alpha value is -2.71. The van der Waals surface area contributed by atoms with E-state index in [2.05, 4.69) is 15.2 Å². The molecule has 7 nitrogen and oxygen atoms in total. The number of rotatable bonds is 4. The zero-order chi connectivity index (χ0) is 16.4. The minimum absolute atomic E-state index is 0.599. The van der Waals surface area contributed by atoms with Gasteiger partial charge in [-0.3, -0.25) is 10.0 Å². The maximum atomic E-state index is 11.0. The summed E-state index contributed by atoms with van der Waals surface area (Å²) in [6.45, 7) is 3.85. The maximum Gasteiger partial charge on any atom is 0.267 e. The predicted molar refractivity (Wildman–Crippen MR) is 86.7 cm³/mol. The molecular weight excluding hydrogens is 316 g/mol. The summed E-state index contributed by atoms with van der Waals surface area (Å²) in [5.74, 6) is 0.695. The number of hydrogen-bond acceptors (Lipinski definition) is 6. The first-order valence-electron chi connectivity index (χ1n) is 6.79. The Balaban J connectivity index is 1.85. The number of ether oxygens (including phenoxy) is 1. The number of amides is 1. The second-order valence-corrected chi connectivity index (χ2v) is 5.92. The third kappa shape index (κ3) is 3.22. The fourth-order valence-electron chi connectivity index (χ4n) is 1.93. The van der Waals surface area contributed by atoms with Gasteiger partial charge in [0.1, 0.15) is 10.8 Å². The lowest BCUT2D eigenvalue weighted by atomic mass is 10.3. The number of hydroxylamine groups is 1. The highest BCUT2D eigenvalue weighted by Gasteiger charge is 2.09. The quantitative estimate of drug-likeness (QED) is 0.388. The molecule has 3 aromatic rings. The van der Waals surface area contributed by atoms with Crippen LogP contribution in [0.3, 0.4) is 0 Å². The molecule has 0 unspecified atom stereocenters. The third-order valence-corrected chi connectivity index (χ3v) is 4.28. The summed E-state index contributed by atoms with van der Waals surface area (Å²) in [7, 11) is 0. The van der Waals surface area contributed by atoms with Crippen LogP contribution in [0.15, 0.2) is 24.3 Å². The van der Waals surface area contributed by atoms with Gasteiger partial charge >= 0.3 is 0 Å². The molecule has 0 saturated carbocycles. The van der Waals surface area contributed by atoms with Crippen molar-refractivity contribution in [3.63, 3.8) is 0 Å². The summed E-state index contributed by atoms with van der Waals surface area (Å²) in [4.78, 5) is 15.4. The second kappa shape index (κ2) is 6.19. The largest absolute Gasteiger partial charge is 0.439 e. The summed E-state index contributed by atoms with van der Waals surface area (Å²) < 4.78 is 6.74. The standard InChI is InChI=1S/C15H14N4O3S/c1-8-9(2)17-18-15(8)22-10-3-4-11-12(7-10)23-14(16-11)6-5-13(20)19-21/h3-7,21H,1-2H3,(H,17,18)(H,19,20)/b6-5+. The van der Waals surface area contributed by atoms with E-state index < -0.39 is 5.91 Å². The van der Waals surface area contributed by atoms with Gasteiger partial charge in [-0.1, -0.05) is 0 Å². The minimum atomic E-state index is -0.599. The molecule has 118 valence electrons. The Labute approximate surface area is 135 Å². The monoisotopic (exact) mass is 330 g/mol. The van der Waals surface area contributed by atoms with Gasteiger partial charge in [0.25, 0.3) is 5.91 Å². The van der Waals surface area contributed by atoms with Gasteiger partial charge in [-0.2, -0.15) is 5.10 Å². The van der Waals surface area contributed by atoms with Gasteiger partial charge in [0.05, 0.1) is 15.9 Å². The van der Waals surface area contributed by atoms with E-state index in [0.717, 1.165) is 21.5 Å². The summed E-state index contributed by atoms with van der Waals surface area (Å²) in [5.41, 5.74) is 4.21. The van der Waals surface area contributed by atoms with E-state index in [4.69, 9.17) is 9.94 Å². The molecule has 23 heavy (non-hydrogen) atoms. The number of H-pyrrole nitrogens is 1. The van der Waals surface area contributed by atoms with Crippen LogP contribution in [0.5, 0.6) is 11.6 Å². The van der Waals surface area contributed by atoms with Crippen LogP contribution < -0.4 is 10.2 Å². The van der Waals surface area contributed by atoms with Crippen LogP contribution in [-0.2, 0) is 4.79 Å². The van der Waals surface area contributed by atoms with Gasteiger partial charge in [0.15, 0.2) is 0 Å². The van der Waals surface area contributed by atoms with Gasteiger partial charge < -0.3 is 4.74 Å². The van der Waals surface area contributed by atoms with Crippen molar-refractivity contribution in [1.82, 2.24) is 20.7 Å². The second-order valence-electron chi connectivity index (χ2n) is 4.86. The average Bonchev–Trinajstić information content (AvgIpc) is 3.10. The average molecular weight is 330 g/mol. The van der Waals surface area contributed by atoms with Crippen molar-refractivity contribution >= 4 is 33.5 Å². The highest BCUT2D eigenvalue weighted by Crippen LogP contribution is 2.30. The number of nitrogens with one attached hydrogen (secondary N) is 2. The highest BCUT2D eigenvalue weighted by molar-refractivity contribution is 7.19. The van der Waals surface area contributed by atoms with Crippen molar-refractivity contribution in [3.05, 3.63) is 40.5 Å². The lowest BCUT2D eigenvalue weighted by molar-refractivity contribution is -0.124. The fourth-order valence-corrected chi connectivity index (χ4v) is 2.82. The van der Waals surface area contributed by atoms with Gasteiger partial charge in [0.2, 0.25) is 5.88 Å². The molecule has 3 rings (SSSR count). The molecule has 0 aliphatic heterocycles. The Morgan fingerprint density at radius 1 is 1.43 bits per heavy atom. The highest BCUT2D eigenvalue weighted by atomic mass is 32.1. The Kier molecular flexibility index (Phi) is 4.09. The predicted octanol–water partition coefficient (Wildman–Crippen LogP) is 2.95. The van der Waals surface area contributed by atoms with Gasteiger partial charge in [-0.15, -0.1) is 11.3 Å². The molecule has 3 N–H and O–H groups in total. The molecule has 0 saturated heterocycles. The lowest BCUT2D eigenvalue weighted by Crippen LogP contribution is -2.14. The molecule has 0 aliphatic rings. The smallest absolute Gasteiger partial charge is 0.267 e. The molecule has 2 aromatic heterocycles. The topological polar surface area (TPSA) is 100 Å². The first-order valence-corrected chi connectivity index (χ1v) is 7.60. The number of carbonyl (C=O) groups is 1. The van der Waals surface area contributed by atoms with Gasteiger partial charge in [0, 0.05) is 17.7 Å². The molecule has 0 radical (unpaired) electrons. The molecule has 1 aromatic carbocycles. The summed E-state index contributed by atoms with van der Waals surface area (Å²) >= 11 is 1.42. The SMILES string of the molecule is Cc1n[nH]c(Oc2ccc3nc(/C=C/C(=O)NO)sc3c2)c1C. The molecular formula is C15H14N4O3S. The Morgan fingerprint density at radius 2 is 2.26 bits per heavy atom. The van der Waals surface area contributed by atoms with E-state index in [0.29, 0.717) is 16.6 Å². The van der Waals surface area contributed by atoms with Crippen LogP contribution in [0.1, 0.15) is 16.3 Å².